The average molecular weight is 260 g/mol. The summed E-state index contributed by atoms with van der Waals surface area (Å²) in [4.78, 5) is 4.38. The molecule has 0 amide bonds. The van der Waals surface area contributed by atoms with Gasteiger partial charge in [-0.1, -0.05) is 5.98 Å². The molecule has 1 aromatic rings. The smallest absolute Gasteiger partial charge is 0.400 e. The lowest BCUT2D eigenvalue weighted by Gasteiger charge is -2.32. The number of hydrogen-bond donors (Lipinski definition) is 1. The summed E-state index contributed by atoms with van der Waals surface area (Å²) in [5.74, 6) is 1.88. The van der Waals surface area contributed by atoms with Crippen LogP contribution in [0.15, 0.2) is 18.1 Å². The van der Waals surface area contributed by atoms with Crippen LogP contribution in [0.1, 0.15) is 39.1 Å². The van der Waals surface area contributed by atoms with Crippen molar-refractivity contribution in [1.29, 1.82) is 0 Å². The van der Waals surface area contributed by atoms with Gasteiger partial charge in [0.2, 0.25) is 0 Å². The Kier molecular flexibility index (Phi) is 3.45. The SMILES string of the molecule is Cc1nc(/C=C/B2OC(C)(C)C(C)(C)O2)ccc1N. The van der Waals surface area contributed by atoms with Gasteiger partial charge in [0.15, 0.2) is 0 Å². The molecular weight excluding hydrogens is 239 g/mol. The monoisotopic (exact) mass is 260 g/mol. The highest BCUT2D eigenvalue weighted by Gasteiger charge is 2.49. The highest BCUT2D eigenvalue weighted by atomic mass is 16.7. The van der Waals surface area contributed by atoms with E-state index in [0.29, 0.717) is 5.69 Å². The van der Waals surface area contributed by atoms with Crippen LogP contribution in [0, 0.1) is 6.92 Å². The largest absolute Gasteiger partial charge is 0.487 e. The molecular formula is C14H21BN2O2. The summed E-state index contributed by atoms with van der Waals surface area (Å²) in [5, 5.41) is 0. The third-order valence-corrected chi connectivity index (χ3v) is 3.84. The van der Waals surface area contributed by atoms with Crippen molar-refractivity contribution in [2.75, 3.05) is 5.73 Å². The Labute approximate surface area is 115 Å². The number of aromatic nitrogens is 1. The van der Waals surface area contributed by atoms with Gasteiger partial charge < -0.3 is 15.0 Å². The number of nitrogens with two attached hydrogens (primary N) is 1. The van der Waals surface area contributed by atoms with E-state index in [-0.39, 0.29) is 18.3 Å². The first-order chi connectivity index (χ1) is 8.71. The van der Waals surface area contributed by atoms with Gasteiger partial charge in [0, 0.05) is 0 Å². The molecule has 0 bridgehead atoms. The zero-order chi connectivity index (χ0) is 14.3. The Bertz CT molecular complexity index is 496. The highest BCUT2D eigenvalue weighted by molar-refractivity contribution is 6.52. The van der Waals surface area contributed by atoms with Gasteiger partial charge in [-0.25, -0.2) is 0 Å². The fourth-order valence-electron chi connectivity index (χ4n) is 1.83. The maximum Gasteiger partial charge on any atom is 0.487 e. The fraction of sp³-hybridized carbons (Fsp3) is 0.500. The van der Waals surface area contributed by atoms with E-state index in [1.165, 1.54) is 0 Å². The molecule has 0 aliphatic carbocycles. The van der Waals surface area contributed by atoms with Crippen LogP contribution in [-0.4, -0.2) is 23.3 Å². The van der Waals surface area contributed by atoms with Crippen LogP contribution in [0.3, 0.4) is 0 Å². The van der Waals surface area contributed by atoms with Crippen molar-refractivity contribution in [3.63, 3.8) is 0 Å². The molecule has 1 saturated heterocycles. The minimum absolute atomic E-state index is 0.313. The normalized spacial score (nSPS) is 21.2. The van der Waals surface area contributed by atoms with E-state index in [0.717, 1.165) is 11.4 Å². The van der Waals surface area contributed by atoms with Crippen LogP contribution in [0.25, 0.3) is 6.08 Å². The van der Waals surface area contributed by atoms with Crippen molar-refractivity contribution in [2.24, 2.45) is 0 Å². The molecule has 5 heteroatoms. The molecule has 0 unspecified atom stereocenters. The maximum absolute atomic E-state index is 5.88. The molecule has 0 spiro atoms. The van der Waals surface area contributed by atoms with E-state index in [1.54, 1.807) is 0 Å². The van der Waals surface area contributed by atoms with Crippen molar-refractivity contribution in [2.45, 2.75) is 45.8 Å². The minimum atomic E-state index is -0.343. The van der Waals surface area contributed by atoms with E-state index in [4.69, 9.17) is 15.0 Å². The van der Waals surface area contributed by atoms with Crippen molar-refractivity contribution < 1.29 is 9.31 Å². The number of anilines is 1. The van der Waals surface area contributed by atoms with Gasteiger partial charge in [0.05, 0.1) is 28.3 Å². The van der Waals surface area contributed by atoms with Crippen LogP contribution >= 0.6 is 0 Å². The molecule has 2 N–H and O–H groups in total. The summed E-state index contributed by atoms with van der Waals surface area (Å²) in [6.07, 6.45) is 1.90. The quantitative estimate of drug-likeness (QED) is 0.830. The lowest BCUT2D eigenvalue weighted by Crippen LogP contribution is -2.41. The molecule has 1 aliphatic rings. The van der Waals surface area contributed by atoms with Crippen molar-refractivity contribution in [3.05, 3.63) is 29.5 Å². The van der Waals surface area contributed by atoms with Gasteiger partial charge in [0.1, 0.15) is 0 Å². The molecule has 102 valence electrons. The zero-order valence-corrected chi connectivity index (χ0v) is 12.2. The molecule has 1 aliphatic heterocycles. The summed E-state index contributed by atoms with van der Waals surface area (Å²) in [7, 11) is -0.343. The van der Waals surface area contributed by atoms with Crippen LogP contribution in [0.2, 0.25) is 0 Å². The topological polar surface area (TPSA) is 57.4 Å². The number of aryl methyl sites for hydroxylation is 1. The number of pyridine rings is 1. The predicted octanol–water partition coefficient (Wildman–Crippen LogP) is 2.62. The van der Waals surface area contributed by atoms with Gasteiger partial charge >= 0.3 is 7.12 Å². The van der Waals surface area contributed by atoms with Gasteiger partial charge in [-0.15, -0.1) is 0 Å². The molecule has 0 aromatic carbocycles. The van der Waals surface area contributed by atoms with E-state index in [2.05, 4.69) is 4.98 Å². The number of nitrogen functional groups attached to an aromatic ring is 1. The summed E-state index contributed by atoms with van der Waals surface area (Å²) in [6.45, 7) is 10.0. The second-order valence-electron chi connectivity index (χ2n) is 5.89. The lowest BCUT2D eigenvalue weighted by atomic mass is 9.89. The molecule has 2 heterocycles. The Morgan fingerprint density at radius 1 is 1.16 bits per heavy atom. The summed E-state index contributed by atoms with van der Waals surface area (Å²) >= 11 is 0. The van der Waals surface area contributed by atoms with E-state index in [9.17, 15) is 0 Å². The van der Waals surface area contributed by atoms with Gasteiger partial charge in [0.25, 0.3) is 0 Å². The van der Waals surface area contributed by atoms with Gasteiger partial charge in [-0.05, 0) is 52.8 Å². The van der Waals surface area contributed by atoms with Crippen molar-refractivity contribution in [1.82, 2.24) is 4.98 Å². The Morgan fingerprint density at radius 2 is 1.74 bits per heavy atom. The number of nitrogens with zero attached hydrogens (tertiary/aromatic N) is 1. The molecule has 1 fully saturated rings. The van der Waals surface area contributed by atoms with Crippen molar-refractivity contribution in [3.8, 4) is 0 Å². The first-order valence-electron chi connectivity index (χ1n) is 6.48. The maximum atomic E-state index is 5.88. The lowest BCUT2D eigenvalue weighted by molar-refractivity contribution is 0.00578. The van der Waals surface area contributed by atoms with Crippen LogP contribution in [-0.2, 0) is 9.31 Å². The molecule has 1 aromatic heterocycles. The second kappa shape index (κ2) is 4.65. The Hall–Kier alpha value is -1.33. The van der Waals surface area contributed by atoms with E-state index >= 15 is 0 Å². The van der Waals surface area contributed by atoms with E-state index in [1.807, 2.05) is 58.8 Å². The van der Waals surface area contributed by atoms with Crippen LogP contribution < -0.4 is 5.73 Å². The molecule has 19 heavy (non-hydrogen) atoms. The second-order valence-corrected chi connectivity index (χ2v) is 5.89. The zero-order valence-electron chi connectivity index (χ0n) is 12.2. The van der Waals surface area contributed by atoms with Crippen molar-refractivity contribution >= 4 is 18.9 Å². The Balaban J connectivity index is 2.10. The van der Waals surface area contributed by atoms with E-state index < -0.39 is 0 Å². The average Bonchev–Trinajstić information content (AvgIpc) is 2.49. The minimum Gasteiger partial charge on any atom is -0.400 e. The molecule has 0 atom stereocenters. The summed E-state index contributed by atoms with van der Waals surface area (Å²) in [6, 6.07) is 3.73. The predicted molar refractivity (Wildman–Crippen MR) is 78.5 cm³/mol. The number of rotatable bonds is 2. The molecule has 4 nitrogen and oxygen atoms in total. The first kappa shape index (κ1) is 14.1. The summed E-state index contributed by atoms with van der Waals surface area (Å²) in [5.41, 5.74) is 7.50. The van der Waals surface area contributed by atoms with Gasteiger partial charge in [-0.3, -0.25) is 4.98 Å². The molecule has 2 rings (SSSR count). The fourth-order valence-corrected chi connectivity index (χ4v) is 1.83. The number of hydrogen-bond acceptors (Lipinski definition) is 4. The van der Waals surface area contributed by atoms with Crippen LogP contribution in [0.5, 0.6) is 0 Å². The highest BCUT2D eigenvalue weighted by Crippen LogP contribution is 2.36. The standard InChI is InChI=1S/C14H21BN2O2/c1-10-12(16)7-6-11(17-10)8-9-15-18-13(2,3)14(4,5)19-15/h6-9H,16H2,1-5H3/b9-8+. The van der Waals surface area contributed by atoms with Crippen LogP contribution in [0.4, 0.5) is 5.69 Å². The third-order valence-electron chi connectivity index (χ3n) is 3.84. The summed E-state index contributed by atoms with van der Waals surface area (Å²) < 4.78 is 11.8. The molecule has 0 saturated carbocycles. The molecule has 0 radical (unpaired) electrons. The Morgan fingerprint density at radius 3 is 2.26 bits per heavy atom. The third kappa shape index (κ3) is 2.82. The van der Waals surface area contributed by atoms with Gasteiger partial charge in [-0.2, -0.15) is 0 Å². The first-order valence-corrected chi connectivity index (χ1v) is 6.48.